The zero-order chi connectivity index (χ0) is 18.0. The van der Waals surface area contributed by atoms with Gasteiger partial charge < -0.3 is 14.5 Å². The van der Waals surface area contributed by atoms with Gasteiger partial charge in [0, 0.05) is 19.7 Å². The summed E-state index contributed by atoms with van der Waals surface area (Å²) >= 11 is 0. The lowest BCUT2D eigenvalue weighted by Gasteiger charge is -2.37. The van der Waals surface area contributed by atoms with Crippen LogP contribution < -0.4 is 9.64 Å². The summed E-state index contributed by atoms with van der Waals surface area (Å²) in [6.07, 6.45) is -0.229. The predicted octanol–water partition coefficient (Wildman–Crippen LogP) is 3.32. The van der Waals surface area contributed by atoms with Gasteiger partial charge in [-0.05, 0) is 31.2 Å². The molecule has 0 aromatic heterocycles. The summed E-state index contributed by atoms with van der Waals surface area (Å²) in [5.41, 5.74) is 0.882. The van der Waals surface area contributed by atoms with Crippen molar-refractivity contribution in [1.82, 2.24) is 4.90 Å². The van der Waals surface area contributed by atoms with Crippen LogP contribution >= 0.6 is 0 Å². The van der Waals surface area contributed by atoms with E-state index in [0.29, 0.717) is 19.2 Å². The average molecular weight is 346 g/mol. The maximum atomic E-state index is 13.8. The third kappa shape index (κ3) is 3.57. The van der Waals surface area contributed by atoms with Gasteiger partial charge in [-0.3, -0.25) is 4.79 Å². The number of halogens is 2. The summed E-state index contributed by atoms with van der Waals surface area (Å²) in [5, 5.41) is 0. The number of ether oxygens (including phenoxy) is 1. The van der Waals surface area contributed by atoms with Crippen LogP contribution in [-0.2, 0) is 0 Å². The first-order valence-electron chi connectivity index (χ1n) is 8.20. The molecule has 0 saturated carbocycles. The van der Waals surface area contributed by atoms with E-state index < -0.39 is 17.5 Å². The third-order valence-corrected chi connectivity index (χ3v) is 4.29. The summed E-state index contributed by atoms with van der Waals surface area (Å²) in [6.45, 7) is 3.82. The Morgan fingerprint density at radius 1 is 1.28 bits per heavy atom. The van der Waals surface area contributed by atoms with Gasteiger partial charge in [0.2, 0.25) is 0 Å². The summed E-state index contributed by atoms with van der Waals surface area (Å²) in [4.78, 5) is 16.0. The Labute approximate surface area is 145 Å². The van der Waals surface area contributed by atoms with Crippen molar-refractivity contribution in [3.8, 4) is 5.75 Å². The molecule has 4 nitrogen and oxygen atoms in total. The second-order valence-electron chi connectivity index (χ2n) is 6.06. The zero-order valence-corrected chi connectivity index (χ0v) is 14.2. The molecular weight excluding hydrogens is 326 g/mol. The fourth-order valence-electron chi connectivity index (χ4n) is 3.03. The molecule has 2 aromatic rings. The molecule has 1 amide bonds. The van der Waals surface area contributed by atoms with Gasteiger partial charge in [0.15, 0.2) is 0 Å². The van der Waals surface area contributed by atoms with Gasteiger partial charge in [0.05, 0.1) is 24.3 Å². The molecule has 1 heterocycles. The number of hydrogen-bond donors (Lipinski definition) is 0. The highest BCUT2D eigenvalue weighted by atomic mass is 19.1. The second-order valence-corrected chi connectivity index (χ2v) is 6.06. The number of para-hydroxylation sites is 2. The lowest BCUT2D eigenvalue weighted by Crippen LogP contribution is -2.46. The summed E-state index contributed by atoms with van der Waals surface area (Å²) < 4.78 is 32.8. The molecule has 1 atom stereocenters. The quantitative estimate of drug-likeness (QED) is 0.851. The standard InChI is InChI=1S/C19H20F2N2O2/c1-3-23-12-14(25-18-7-5-4-6-17(18)23)11-22(2)19(24)15-9-8-13(20)10-16(15)21/h4-10,14H,3,11-12H2,1-2H3. The van der Waals surface area contributed by atoms with E-state index in [1.807, 2.05) is 24.3 Å². The van der Waals surface area contributed by atoms with E-state index in [-0.39, 0.29) is 11.7 Å². The number of likely N-dealkylation sites (N-methyl/N-ethyl adjacent to an activating group) is 2. The van der Waals surface area contributed by atoms with Crippen LogP contribution in [0.5, 0.6) is 5.75 Å². The molecule has 6 heteroatoms. The number of fused-ring (bicyclic) bond motifs is 1. The Hall–Kier alpha value is -2.63. The molecule has 0 fully saturated rings. The predicted molar refractivity (Wildman–Crippen MR) is 92.1 cm³/mol. The van der Waals surface area contributed by atoms with Crippen LogP contribution in [0.4, 0.5) is 14.5 Å². The van der Waals surface area contributed by atoms with Crippen LogP contribution in [0.2, 0.25) is 0 Å². The van der Waals surface area contributed by atoms with Gasteiger partial charge in [0.25, 0.3) is 5.91 Å². The molecule has 1 aliphatic heterocycles. The average Bonchev–Trinajstić information content (AvgIpc) is 2.60. The maximum Gasteiger partial charge on any atom is 0.256 e. The number of amides is 1. The van der Waals surface area contributed by atoms with Gasteiger partial charge in [0.1, 0.15) is 23.5 Å². The third-order valence-electron chi connectivity index (χ3n) is 4.29. The molecule has 0 aliphatic carbocycles. The molecule has 0 radical (unpaired) electrons. The minimum atomic E-state index is -0.859. The first kappa shape index (κ1) is 17.2. The molecule has 3 rings (SSSR count). The van der Waals surface area contributed by atoms with Crippen LogP contribution in [0, 0.1) is 11.6 Å². The number of rotatable bonds is 4. The number of benzene rings is 2. The highest BCUT2D eigenvalue weighted by Crippen LogP contribution is 2.32. The fourth-order valence-corrected chi connectivity index (χ4v) is 3.03. The van der Waals surface area contributed by atoms with Crippen LogP contribution in [-0.4, -0.2) is 43.6 Å². The summed E-state index contributed by atoms with van der Waals surface area (Å²) in [7, 11) is 1.59. The fraction of sp³-hybridized carbons (Fsp3) is 0.316. The minimum Gasteiger partial charge on any atom is -0.485 e. The SMILES string of the molecule is CCN1CC(CN(C)C(=O)c2ccc(F)cc2F)Oc2ccccc21. The molecule has 2 aromatic carbocycles. The van der Waals surface area contributed by atoms with E-state index in [2.05, 4.69) is 11.8 Å². The van der Waals surface area contributed by atoms with Crippen LogP contribution in [0.15, 0.2) is 42.5 Å². The minimum absolute atomic E-state index is 0.146. The summed E-state index contributed by atoms with van der Waals surface area (Å²) in [5.74, 6) is -1.29. The molecular formula is C19H20F2N2O2. The number of hydrogen-bond acceptors (Lipinski definition) is 3. The molecule has 0 bridgehead atoms. The van der Waals surface area contributed by atoms with E-state index in [0.717, 1.165) is 24.0 Å². The number of carbonyl (C=O) groups is 1. The Morgan fingerprint density at radius 2 is 2.04 bits per heavy atom. The smallest absolute Gasteiger partial charge is 0.256 e. The van der Waals surface area contributed by atoms with Crippen molar-refractivity contribution in [1.29, 1.82) is 0 Å². The molecule has 25 heavy (non-hydrogen) atoms. The first-order valence-corrected chi connectivity index (χ1v) is 8.20. The highest BCUT2D eigenvalue weighted by molar-refractivity contribution is 5.94. The van der Waals surface area contributed by atoms with Crippen molar-refractivity contribution in [3.05, 3.63) is 59.7 Å². The van der Waals surface area contributed by atoms with Crippen molar-refractivity contribution in [3.63, 3.8) is 0 Å². The number of nitrogens with zero attached hydrogens (tertiary/aromatic N) is 2. The molecule has 0 saturated heterocycles. The van der Waals surface area contributed by atoms with Crippen molar-refractivity contribution < 1.29 is 18.3 Å². The largest absolute Gasteiger partial charge is 0.485 e. The Bertz CT molecular complexity index is 782. The first-order chi connectivity index (χ1) is 12.0. The monoisotopic (exact) mass is 346 g/mol. The maximum absolute atomic E-state index is 13.8. The number of carbonyl (C=O) groups excluding carboxylic acids is 1. The summed E-state index contributed by atoms with van der Waals surface area (Å²) in [6, 6.07) is 10.7. The van der Waals surface area contributed by atoms with Gasteiger partial charge in [-0.1, -0.05) is 12.1 Å². The van der Waals surface area contributed by atoms with Gasteiger partial charge in [-0.25, -0.2) is 8.78 Å². The second kappa shape index (κ2) is 7.09. The van der Waals surface area contributed by atoms with Crippen molar-refractivity contribution in [2.75, 3.05) is 31.6 Å². The van der Waals surface area contributed by atoms with E-state index in [1.54, 1.807) is 7.05 Å². The molecule has 1 aliphatic rings. The highest BCUT2D eigenvalue weighted by Gasteiger charge is 2.27. The van der Waals surface area contributed by atoms with E-state index >= 15 is 0 Å². The number of anilines is 1. The van der Waals surface area contributed by atoms with Crippen molar-refractivity contribution in [2.24, 2.45) is 0 Å². The van der Waals surface area contributed by atoms with E-state index in [4.69, 9.17) is 4.74 Å². The Morgan fingerprint density at radius 3 is 2.76 bits per heavy atom. The lowest BCUT2D eigenvalue weighted by atomic mass is 10.1. The van der Waals surface area contributed by atoms with Crippen LogP contribution in [0.1, 0.15) is 17.3 Å². The lowest BCUT2D eigenvalue weighted by molar-refractivity contribution is 0.0705. The van der Waals surface area contributed by atoms with Crippen molar-refractivity contribution >= 4 is 11.6 Å². The van der Waals surface area contributed by atoms with E-state index in [9.17, 15) is 13.6 Å². The molecule has 132 valence electrons. The molecule has 0 spiro atoms. The molecule has 1 unspecified atom stereocenters. The van der Waals surface area contributed by atoms with Gasteiger partial charge in [-0.2, -0.15) is 0 Å². The topological polar surface area (TPSA) is 32.8 Å². The Kier molecular flexibility index (Phi) is 4.88. The van der Waals surface area contributed by atoms with Crippen molar-refractivity contribution in [2.45, 2.75) is 13.0 Å². The van der Waals surface area contributed by atoms with Gasteiger partial charge in [-0.15, -0.1) is 0 Å². The zero-order valence-electron chi connectivity index (χ0n) is 14.2. The van der Waals surface area contributed by atoms with Crippen LogP contribution in [0.25, 0.3) is 0 Å². The normalized spacial score (nSPS) is 16.2. The van der Waals surface area contributed by atoms with E-state index in [1.165, 1.54) is 11.0 Å². The van der Waals surface area contributed by atoms with Gasteiger partial charge >= 0.3 is 0 Å². The van der Waals surface area contributed by atoms with Crippen LogP contribution in [0.3, 0.4) is 0 Å². The molecule has 0 N–H and O–H groups in total. The Balaban J connectivity index is 1.73.